The Kier molecular flexibility index (Phi) is 9.14. The van der Waals surface area contributed by atoms with Crippen molar-refractivity contribution in [3.05, 3.63) is 77.9 Å². The number of carbonyl (C=O) groups excluding carboxylic acids is 2. The fourth-order valence-corrected chi connectivity index (χ4v) is 5.26. The third-order valence-corrected chi connectivity index (χ3v) is 7.59. The first-order chi connectivity index (χ1) is 20.3. The van der Waals surface area contributed by atoms with Gasteiger partial charge in [0, 0.05) is 42.5 Å². The van der Waals surface area contributed by atoms with Gasteiger partial charge in [-0.05, 0) is 62.0 Å². The molecule has 2 heterocycles. The van der Waals surface area contributed by atoms with Gasteiger partial charge in [0.2, 0.25) is 12.7 Å². The van der Waals surface area contributed by atoms with Crippen molar-refractivity contribution in [3.63, 3.8) is 0 Å². The fraction of sp³-hybridized carbons (Fsp3) is 0.375. The Bertz CT molecular complexity index is 1400. The first kappa shape index (κ1) is 29.2. The van der Waals surface area contributed by atoms with Gasteiger partial charge in [-0.3, -0.25) is 9.69 Å². The summed E-state index contributed by atoms with van der Waals surface area (Å²) in [5.74, 6) is 1.97. The minimum Gasteiger partial charge on any atom is -0.488 e. The maximum atomic E-state index is 13.5. The molecule has 222 valence electrons. The minimum atomic E-state index is -0.386. The number of hydrogen-bond donors (Lipinski definition) is 3. The number of para-hydroxylation sites is 1. The van der Waals surface area contributed by atoms with Crippen LogP contribution in [-0.2, 0) is 17.8 Å². The second-order valence-corrected chi connectivity index (χ2v) is 11.0. The van der Waals surface area contributed by atoms with Crippen LogP contribution in [0.5, 0.6) is 17.2 Å². The number of urea groups is 1. The van der Waals surface area contributed by atoms with Crippen LogP contribution in [0.1, 0.15) is 25.0 Å². The van der Waals surface area contributed by atoms with Crippen LogP contribution >= 0.6 is 0 Å². The number of aliphatic hydroxyl groups is 1. The van der Waals surface area contributed by atoms with Gasteiger partial charge in [-0.2, -0.15) is 0 Å². The van der Waals surface area contributed by atoms with E-state index in [0.29, 0.717) is 42.3 Å². The third kappa shape index (κ3) is 7.13. The van der Waals surface area contributed by atoms with Gasteiger partial charge in [-0.25, -0.2) is 4.79 Å². The summed E-state index contributed by atoms with van der Waals surface area (Å²) in [5.41, 5.74) is 2.98. The molecule has 3 aromatic rings. The van der Waals surface area contributed by atoms with E-state index in [2.05, 4.69) is 22.5 Å². The Balaban J connectivity index is 1.35. The first-order valence-electron chi connectivity index (χ1n) is 14.2. The standard InChI is InChI=1S/C32H38N4O6/c1-21-16-36(22(2)19-37)31(38)15-24-14-26(34-32(39)33-25-7-5-4-6-8-25)10-12-27(24)42-30(21)18-35(3)17-23-9-11-28-29(13-23)41-20-40-28/h4-14,21-22,30,37H,15-20H2,1-3H3,(H2,33,34,39)/t21-,22+,30-/m0/s1. The molecular formula is C32H38N4O6. The smallest absolute Gasteiger partial charge is 0.323 e. The van der Waals surface area contributed by atoms with E-state index in [9.17, 15) is 14.7 Å². The monoisotopic (exact) mass is 574 g/mol. The van der Waals surface area contributed by atoms with Gasteiger partial charge >= 0.3 is 6.03 Å². The van der Waals surface area contributed by atoms with E-state index in [1.165, 1.54) is 0 Å². The average Bonchev–Trinajstić information content (AvgIpc) is 3.45. The summed E-state index contributed by atoms with van der Waals surface area (Å²) in [7, 11) is 2.03. The zero-order chi connectivity index (χ0) is 29.6. The summed E-state index contributed by atoms with van der Waals surface area (Å²) >= 11 is 0. The van der Waals surface area contributed by atoms with Gasteiger partial charge < -0.3 is 34.9 Å². The number of amides is 3. The van der Waals surface area contributed by atoms with Crippen LogP contribution in [-0.4, -0.2) is 72.5 Å². The number of benzene rings is 3. The van der Waals surface area contributed by atoms with Crippen LogP contribution in [0.25, 0.3) is 0 Å². The van der Waals surface area contributed by atoms with Gasteiger partial charge in [0.05, 0.1) is 19.1 Å². The van der Waals surface area contributed by atoms with Crippen LogP contribution in [0.15, 0.2) is 66.7 Å². The highest BCUT2D eigenvalue weighted by molar-refractivity contribution is 5.99. The number of likely N-dealkylation sites (N-methyl/N-ethyl adjacent to an activating group) is 1. The molecule has 3 amide bonds. The Labute approximate surface area is 246 Å². The summed E-state index contributed by atoms with van der Waals surface area (Å²) in [6.45, 7) is 5.73. The lowest BCUT2D eigenvalue weighted by Gasteiger charge is -2.34. The van der Waals surface area contributed by atoms with E-state index in [4.69, 9.17) is 14.2 Å². The molecule has 10 nitrogen and oxygen atoms in total. The van der Waals surface area contributed by atoms with E-state index in [1.54, 1.807) is 29.2 Å². The summed E-state index contributed by atoms with van der Waals surface area (Å²) in [4.78, 5) is 30.0. The second-order valence-electron chi connectivity index (χ2n) is 11.0. The van der Waals surface area contributed by atoms with E-state index in [-0.39, 0.29) is 49.8 Å². The largest absolute Gasteiger partial charge is 0.488 e. The van der Waals surface area contributed by atoms with Gasteiger partial charge in [-0.1, -0.05) is 31.2 Å². The molecular weight excluding hydrogens is 536 g/mol. The molecule has 0 bridgehead atoms. The lowest BCUT2D eigenvalue weighted by Crippen LogP contribution is -2.47. The Morgan fingerprint density at radius 1 is 1.02 bits per heavy atom. The van der Waals surface area contributed by atoms with Crippen molar-refractivity contribution in [1.82, 2.24) is 9.80 Å². The molecule has 0 saturated heterocycles. The van der Waals surface area contributed by atoms with E-state index in [0.717, 1.165) is 17.1 Å². The average molecular weight is 575 g/mol. The van der Waals surface area contributed by atoms with Crippen LogP contribution in [0, 0.1) is 5.92 Å². The maximum Gasteiger partial charge on any atom is 0.323 e. The number of ether oxygens (including phenoxy) is 3. The SMILES string of the molecule is C[C@H](CO)N1C[C@H](C)[C@H](CN(C)Cc2ccc3c(c2)OCO3)Oc2ccc(NC(=O)Nc3ccccc3)cc2CC1=O. The van der Waals surface area contributed by atoms with Crippen LogP contribution in [0.2, 0.25) is 0 Å². The topological polar surface area (TPSA) is 113 Å². The molecule has 0 aromatic heterocycles. The second kappa shape index (κ2) is 13.1. The van der Waals surface area contributed by atoms with Gasteiger partial charge in [-0.15, -0.1) is 0 Å². The predicted molar refractivity (Wildman–Crippen MR) is 160 cm³/mol. The molecule has 0 saturated carbocycles. The number of carbonyl (C=O) groups is 2. The lowest BCUT2D eigenvalue weighted by atomic mass is 10.0. The normalized spacial score (nSPS) is 18.8. The number of fused-ring (bicyclic) bond motifs is 2. The molecule has 42 heavy (non-hydrogen) atoms. The number of rotatable bonds is 8. The van der Waals surface area contributed by atoms with E-state index < -0.39 is 0 Å². The Hall–Kier alpha value is -4.28. The lowest BCUT2D eigenvalue weighted by molar-refractivity contribution is -0.134. The molecule has 0 spiro atoms. The van der Waals surface area contributed by atoms with Crippen LogP contribution < -0.4 is 24.8 Å². The number of anilines is 2. The summed E-state index contributed by atoms with van der Waals surface area (Å²) in [5, 5.41) is 15.6. The van der Waals surface area contributed by atoms with Gasteiger partial charge in [0.1, 0.15) is 11.9 Å². The van der Waals surface area contributed by atoms with Gasteiger partial charge in [0.15, 0.2) is 11.5 Å². The maximum absolute atomic E-state index is 13.5. The molecule has 2 aliphatic heterocycles. The Morgan fingerprint density at radius 3 is 2.55 bits per heavy atom. The van der Waals surface area contributed by atoms with Crippen LogP contribution in [0.4, 0.5) is 16.2 Å². The van der Waals surface area contributed by atoms with Crippen molar-refractivity contribution in [2.24, 2.45) is 5.92 Å². The fourth-order valence-electron chi connectivity index (χ4n) is 5.26. The van der Waals surface area contributed by atoms with Crippen molar-refractivity contribution in [2.45, 2.75) is 39.0 Å². The molecule has 2 aliphatic rings. The van der Waals surface area contributed by atoms with Crippen molar-refractivity contribution < 1.29 is 28.9 Å². The molecule has 0 fully saturated rings. The molecule has 3 atom stereocenters. The summed E-state index contributed by atoms with van der Waals surface area (Å²) in [6.07, 6.45) is -0.163. The summed E-state index contributed by atoms with van der Waals surface area (Å²) < 4.78 is 17.6. The number of nitrogens with one attached hydrogen (secondary N) is 2. The van der Waals surface area contributed by atoms with Crippen LogP contribution in [0.3, 0.4) is 0 Å². The Morgan fingerprint density at radius 2 is 1.76 bits per heavy atom. The molecule has 0 unspecified atom stereocenters. The highest BCUT2D eigenvalue weighted by Gasteiger charge is 2.31. The highest BCUT2D eigenvalue weighted by Crippen LogP contribution is 2.33. The van der Waals surface area contributed by atoms with Crippen molar-refractivity contribution >= 4 is 23.3 Å². The quantitative estimate of drug-likeness (QED) is 0.367. The van der Waals surface area contributed by atoms with Crippen molar-refractivity contribution in [3.8, 4) is 17.2 Å². The predicted octanol–water partition coefficient (Wildman–Crippen LogP) is 4.34. The van der Waals surface area contributed by atoms with E-state index >= 15 is 0 Å². The molecule has 5 rings (SSSR count). The number of aliphatic hydroxyl groups excluding tert-OH is 1. The molecule has 3 aromatic carbocycles. The van der Waals surface area contributed by atoms with E-state index in [1.807, 2.05) is 56.4 Å². The van der Waals surface area contributed by atoms with Crippen molar-refractivity contribution in [2.75, 3.05) is 44.2 Å². The molecule has 10 heteroatoms. The molecule has 0 aliphatic carbocycles. The molecule has 0 radical (unpaired) electrons. The van der Waals surface area contributed by atoms with Gasteiger partial charge in [0.25, 0.3) is 0 Å². The number of nitrogens with zero attached hydrogens (tertiary/aromatic N) is 2. The minimum absolute atomic E-state index is 0.0254. The van der Waals surface area contributed by atoms with Crippen molar-refractivity contribution in [1.29, 1.82) is 0 Å². The zero-order valence-electron chi connectivity index (χ0n) is 24.2. The highest BCUT2D eigenvalue weighted by atomic mass is 16.7. The first-order valence-corrected chi connectivity index (χ1v) is 14.2. The third-order valence-electron chi connectivity index (χ3n) is 7.59. The number of hydrogen-bond acceptors (Lipinski definition) is 7. The summed E-state index contributed by atoms with van der Waals surface area (Å²) in [6, 6.07) is 19.8. The molecule has 3 N–H and O–H groups in total. The zero-order valence-corrected chi connectivity index (χ0v) is 24.2.